The number of aromatic nitrogens is 3. The van der Waals surface area contributed by atoms with Crippen LogP contribution in [0.15, 0.2) is 59.4 Å². The van der Waals surface area contributed by atoms with Gasteiger partial charge in [-0.05, 0) is 24.5 Å². The Balaban J connectivity index is 1.58. The smallest absolute Gasteiger partial charge is 0.276 e. The molecule has 2 aromatic heterocycles. The molecule has 3 aromatic rings. The SMILES string of the molecule is O=C(c1cc(-c2ccnnc2)on1)N1CCC[C@H]1c1ccccc1. The molecule has 0 N–H and O–H groups in total. The molecular weight excluding hydrogens is 304 g/mol. The van der Waals surface area contributed by atoms with Gasteiger partial charge in [0, 0.05) is 18.2 Å². The first-order chi connectivity index (χ1) is 11.8. The van der Waals surface area contributed by atoms with Gasteiger partial charge in [0.25, 0.3) is 5.91 Å². The Morgan fingerprint density at radius 1 is 1.17 bits per heavy atom. The molecule has 24 heavy (non-hydrogen) atoms. The molecule has 0 spiro atoms. The predicted molar refractivity (Wildman–Crippen MR) is 87.0 cm³/mol. The Labute approximate surface area is 139 Å². The van der Waals surface area contributed by atoms with Crippen molar-refractivity contribution in [3.8, 4) is 11.3 Å². The molecule has 0 bridgehead atoms. The normalized spacial score (nSPS) is 17.2. The highest BCUT2D eigenvalue weighted by molar-refractivity contribution is 5.93. The molecule has 0 unspecified atom stereocenters. The summed E-state index contributed by atoms with van der Waals surface area (Å²) in [6.07, 6.45) is 5.11. The van der Waals surface area contributed by atoms with Gasteiger partial charge in [-0.3, -0.25) is 4.79 Å². The third kappa shape index (κ3) is 2.67. The van der Waals surface area contributed by atoms with E-state index in [1.54, 1.807) is 24.5 Å². The van der Waals surface area contributed by atoms with Gasteiger partial charge in [0.15, 0.2) is 11.5 Å². The minimum atomic E-state index is -0.0987. The molecule has 120 valence electrons. The van der Waals surface area contributed by atoms with Crippen molar-refractivity contribution in [1.82, 2.24) is 20.3 Å². The van der Waals surface area contributed by atoms with Gasteiger partial charge in [-0.25, -0.2) is 0 Å². The number of hydrogen-bond acceptors (Lipinski definition) is 5. The zero-order valence-electron chi connectivity index (χ0n) is 13.0. The molecule has 1 aromatic carbocycles. The van der Waals surface area contributed by atoms with Crippen molar-refractivity contribution in [2.45, 2.75) is 18.9 Å². The Kier molecular flexibility index (Phi) is 3.78. The van der Waals surface area contributed by atoms with Crippen LogP contribution in [0.4, 0.5) is 0 Å². The monoisotopic (exact) mass is 320 g/mol. The standard InChI is InChI=1S/C18H16N4O2/c23-18(15-11-17(24-21-15)14-8-9-19-20-12-14)22-10-4-7-16(22)13-5-2-1-3-6-13/h1-3,5-6,8-9,11-12,16H,4,7,10H2/t16-/m0/s1. The first kappa shape index (κ1) is 14.6. The molecule has 0 radical (unpaired) electrons. The van der Waals surface area contributed by atoms with Gasteiger partial charge < -0.3 is 9.42 Å². The number of rotatable bonds is 3. The number of nitrogens with zero attached hydrogens (tertiary/aromatic N) is 4. The molecule has 0 saturated carbocycles. The molecule has 1 fully saturated rings. The van der Waals surface area contributed by atoms with Crippen LogP contribution in [0.25, 0.3) is 11.3 Å². The number of carbonyl (C=O) groups excluding carboxylic acids is 1. The van der Waals surface area contributed by atoms with Crippen molar-refractivity contribution in [3.05, 3.63) is 66.1 Å². The molecule has 1 aliphatic rings. The number of carbonyl (C=O) groups is 1. The van der Waals surface area contributed by atoms with E-state index < -0.39 is 0 Å². The quantitative estimate of drug-likeness (QED) is 0.741. The van der Waals surface area contributed by atoms with Crippen molar-refractivity contribution in [2.24, 2.45) is 0 Å². The van der Waals surface area contributed by atoms with Gasteiger partial charge in [-0.1, -0.05) is 35.5 Å². The van der Waals surface area contributed by atoms with Gasteiger partial charge in [-0.2, -0.15) is 10.2 Å². The van der Waals surface area contributed by atoms with E-state index in [9.17, 15) is 4.79 Å². The first-order valence-corrected chi connectivity index (χ1v) is 7.92. The van der Waals surface area contributed by atoms with Crippen molar-refractivity contribution >= 4 is 5.91 Å². The predicted octanol–water partition coefficient (Wildman–Crippen LogP) is 3.11. The van der Waals surface area contributed by atoms with Crippen LogP contribution in [-0.2, 0) is 0 Å². The summed E-state index contributed by atoms with van der Waals surface area (Å²) in [4.78, 5) is 14.7. The maximum atomic E-state index is 12.9. The average Bonchev–Trinajstić information content (AvgIpc) is 3.32. The van der Waals surface area contributed by atoms with E-state index in [-0.39, 0.29) is 11.9 Å². The van der Waals surface area contributed by atoms with Crippen LogP contribution in [0.2, 0.25) is 0 Å². The van der Waals surface area contributed by atoms with Gasteiger partial charge in [0.1, 0.15) is 0 Å². The highest BCUT2D eigenvalue weighted by Crippen LogP contribution is 2.33. The summed E-state index contributed by atoms with van der Waals surface area (Å²) in [6.45, 7) is 0.734. The van der Waals surface area contributed by atoms with Crippen LogP contribution in [0.3, 0.4) is 0 Å². The summed E-state index contributed by atoms with van der Waals surface area (Å²) in [5, 5.41) is 11.5. The number of benzene rings is 1. The number of amides is 1. The van der Waals surface area contributed by atoms with Gasteiger partial charge in [0.05, 0.1) is 18.4 Å². The van der Waals surface area contributed by atoms with Crippen LogP contribution in [-0.4, -0.2) is 32.7 Å². The maximum Gasteiger partial charge on any atom is 0.276 e. The highest BCUT2D eigenvalue weighted by Gasteiger charge is 2.32. The third-order valence-electron chi connectivity index (χ3n) is 4.30. The van der Waals surface area contributed by atoms with E-state index in [2.05, 4.69) is 27.5 Å². The Hall–Kier alpha value is -3.02. The van der Waals surface area contributed by atoms with Crippen LogP contribution in [0.1, 0.15) is 34.9 Å². The molecule has 1 amide bonds. The Morgan fingerprint density at radius 3 is 2.83 bits per heavy atom. The fourth-order valence-corrected chi connectivity index (χ4v) is 3.13. The van der Waals surface area contributed by atoms with Crippen LogP contribution in [0, 0.1) is 0 Å². The third-order valence-corrected chi connectivity index (χ3v) is 4.30. The molecule has 6 heteroatoms. The second kappa shape index (κ2) is 6.23. The lowest BCUT2D eigenvalue weighted by Crippen LogP contribution is -2.30. The van der Waals surface area contributed by atoms with Crippen LogP contribution < -0.4 is 0 Å². The van der Waals surface area contributed by atoms with Gasteiger partial charge >= 0.3 is 0 Å². The van der Waals surface area contributed by atoms with Crippen molar-refractivity contribution < 1.29 is 9.32 Å². The van der Waals surface area contributed by atoms with E-state index in [0.717, 1.165) is 30.5 Å². The van der Waals surface area contributed by atoms with Crippen molar-refractivity contribution in [1.29, 1.82) is 0 Å². The van der Waals surface area contributed by atoms with E-state index in [4.69, 9.17) is 4.52 Å². The summed E-state index contributed by atoms with van der Waals surface area (Å²) >= 11 is 0. The minimum absolute atomic E-state index is 0.0986. The number of likely N-dealkylation sites (tertiary alicyclic amines) is 1. The van der Waals surface area contributed by atoms with E-state index in [1.165, 1.54) is 0 Å². The zero-order chi connectivity index (χ0) is 16.4. The first-order valence-electron chi connectivity index (χ1n) is 7.92. The lowest BCUT2D eigenvalue weighted by molar-refractivity contribution is 0.0725. The van der Waals surface area contributed by atoms with E-state index in [0.29, 0.717) is 11.5 Å². The minimum Gasteiger partial charge on any atom is -0.355 e. The lowest BCUT2D eigenvalue weighted by atomic mass is 10.0. The fourth-order valence-electron chi connectivity index (χ4n) is 3.13. The summed E-state index contributed by atoms with van der Waals surface area (Å²) in [7, 11) is 0. The van der Waals surface area contributed by atoms with E-state index >= 15 is 0 Å². The summed E-state index contributed by atoms with van der Waals surface area (Å²) in [6, 6.07) is 13.6. The largest absolute Gasteiger partial charge is 0.355 e. The van der Waals surface area contributed by atoms with E-state index in [1.807, 2.05) is 23.1 Å². The average molecular weight is 320 g/mol. The Bertz CT molecular complexity index is 832. The molecule has 6 nitrogen and oxygen atoms in total. The Morgan fingerprint density at radius 2 is 2.04 bits per heavy atom. The molecule has 4 rings (SSSR count). The number of hydrogen-bond donors (Lipinski definition) is 0. The molecular formula is C18H16N4O2. The van der Waals surface area contributed by atoms with Gasteiger partial charge in [0.2, 0.25) is 0 Å². The zero-order valence-corrected chi connectivity index (χ0v) is 13.0. The maximum absolute atomic E-state index is 12.9. The second-order valence-corrected chi connectivity index (χ2v) is 5.77. The van der Waals surface area contributed by atoms with Crippen molar-refractivity contribution in [2.75, 3.05) is 6.54 Å². The van der Waals surface area contributed by atoms with Crippen LogP contribution in [0.5, 0.6) is 0 Å². The molecule has 3 heterocycles. The summed E-state index contributed by atoms with van der Waals surface area (Å²) in [5.74, 6) is 0.419. The molecule has 1 aliphatic heterocycles. The second-order valence-electron chi connectivity index (χ2n) is 5.77. The molecule has 0 aliphatic carbocycles. The van der Waals surface area contributed by atoms with Crippen LogP contribution >= 0.6 is 0 Å². The molecule has 1 saturated heterocycles. The summed E-state index contributed by atoms with van der Waals surface area (Å²) < 4.78 is 5.31. The molecule has 1 atom stereocenters. The lowest BCUT2D eigenvalue weighted by Gasteiger charge is -2.24. The topological polar surface area (TPSA) is 72.1 Å². The van der Waals surface area contributed by atoms with Crippen molar-refractivity contribution in [3.63, 3.8) is 0 Å². The summed E-state index contributed by atoms with van der Waals surface area (Å²) in [5.41, 5.74) is 2.23. The highest BCUT2D eigenvalue weighted by atomic mass is 16.5. The fraction of sp³-hybridized carbons (Fsp3) is 0.222. The van der Waals surface area contributed by atoms with Gasteiger partial charge in [-0.15, -0.1) is 0 Å².